The summed E-state index contributed by atoms with van der Waals surface area (Å²) >= 11 is 0. The minimum atomic E-state index is 0. The van der Waals surface area contributed by atoms with Crippen LogP contribution < -0.4 is 10.6 Å². The van der Waals surface area contributed by atoms with Crippen LogP contribution >= 0.6 is 24.8 Å². The van der Waals surface area contributed by atoms with Crippen LogP contribution in [0.5, 0.6) is 0 Å². The van der Waals surface area contributed by atoms with Gasteiger partial charge in [-0.25, -0.2) is 9.97 Å². The molecule has 3 heterocycles. The number of hydrogen-bond donors (Lipinski definition) is 2. The number of fused-ring (bicyclic) bond motifs is 2. The van der Waals surface area contributed by atoms with Crippen molar-refractivity contribution in [3.05, 3.63) is 18.6 Å². The Morgan fingerprint density at radius 1 is 1.18 bits per heavy atom. The van der Waals surface area contributed by atoms with Gasteiger partial charge < -0.3 is 10.6 Å². The topological polar surface area (TPSA) is 49.8 Å². The first-order chi connectivity index (χ1) is 7.40. The van der Waals surface area contributed by atoms with Gasteiger partial charge in [0.15, 0.2) is 0 Å². The number of piperidine rings is 1. The molecule has 2 atom stereocenters. The highest BCUT2D eigenvalue weighted by molar-refractivity contribution is 5.85. The van der Waals surface area contributed by atoms with Crippen LogP contribution in [0, 0.1) is 0 Å². The minimum Gasteiger partial charge on any atom is -0.367 e. The standard InChI is InChI=1S/C11H16N4.2ClH/c1-2-9-6-10(5-8(1)14-9)15-11-3-4-12-7-13-11;;/h3-4,7-10,14H,1-2,5-6H2,(H,12,13,15);2*1H. The zero-order valence-electron chi connectivity index (χ0n) is 9.50. The van der Waals surface area contributed by atoms with Gasteiger partial charge in [0.05, 0.1) is 0 Å². The van der Waals surface area contributed by atoms with Crippen molar-refractivity contribution in [2.45, 2.75) is 43.8 Å². The summed E-state index contributed by atoms with van der Waals surface area (Å²) in [6.45, 7) is 0. The van der Waals surface area contributed by atoms with Crippen LogP contribution in [0.3, 0.4) is 0 Å². The van der Waals surface area contributed by atoms with E-state index < -0.39 is 0 Å². The molecule has 3 rings (SSSR count). The lowest BCUT2D eigenvalue weighted by atomic mass is 10.00. The highest BCUT2D eigenvalue weighted by atomic mass is 35.5. The van der Waals surface area contributed by atoms with E-state index in [-0.39, 0.29) is 24.8 Å². The average Bonchev–Trinajstić information content (AvgIpc) is 2.60. The normalized spacial score (nSPS) is 30.0. The van der Waals surface area contributed by atoms with Crippen molar-refractivity contribution >= 4 is 30.6 Å². The number of nitrogens with one attached hydrogen (secondary N) is 2. The van der Waals surface area contributed by atoms with E-state index in [1.807, 2.05) is 6.07 Å². The first-order valence-corrected chi connectivity index (χ1v) is 5.69. The van der Waals surface area contributed by atoms with E-state index in [1.54, 1.807) is 12.5 Å². The lowest BCUT2D eigenvalue weighted by Crippen LogP contribution is -2.43. The molecular weight excluding hydrogens is 259 g/mol. The molecule has 0 spiro atoms. The summed E-state index contributed by atoms with van der Waals surface area (Å²) in [5.41, 5.74) is 0. The van der Waals surface area contributed by atoms with Gasteiger partial charge in [0.2, 0.25) is 0 Å². The Bertz CT molecular complexity index is 324. The molecule has 2 aliphatic heterocycles. The van der Waals surface area contributed by atoms with Crippen LogP contribution in [0.2, 0.25) is 0 Å². The summed E-state index contributed by atoms with van der Waals surface area (Å²) in [7, 11) is 0. The van der Waals surface area contributed by atoms with Crippen LogP contribution in [0.4, 0.5) is 5.82 Å². The van der Waals surface area contributed by atoms with Crippen LogP contribution in [0.25, 0.3) is 0 Å². The summed E-state index contributed by atoms with van der Waals surface area (Å²) in [6, 6.07) is 3.97. The average molecular weight is 277 g/mol. The van der Waals surface area contributed by atoms with Gasteiger partial charge in [-0.3, -0.25) is 0 Å². The Labute approximate surface area is 114 Å². The Balaban J connectivity index is 0.000000722. The fourth-order valence-corrected chi connectivity index (χ4v) is 2.76. The first-order valence-electron chi connectivity index (χ1n) is 5.69. The van der Waals surface area contributed by atoms with Crippen molar-refractivity contribution in [3.8, 4) is 0 Å². The zero-order valence-corrected chi connectivity index (χ0v) is 11.1. The fraction of sp³-hybridized carbons (Fsp3) is 0.636. The molecule has 2 fully saturated rings. The largest absolute Gasteiger partial charge is 0.367 e. The summed E-state index contributed by atoms with van der Waals surface area (Å²) in [5.74, 6) is 0.955. The fourth-order valence-electron chi connectivity index (χ4n) is 2.76. The third-order valence-corrected chi connectivity index (χ3v) is 3.41. The van der Waals surface area contributed by atoms with Crippen LogP contribution in [0.1, 0.15) is 25.7 Å². The van der Waals surface area contributed by atoms with Crippen molar-refractivity contribution in [1.82, 2.24) is 15.3 Å². The molecule has 0 radical (unpaired) electrons. The van der Waals surface area contributed by atoms with E-state index >= 15 is 0 Å². The Morgan fingerprint density at radius 2 is 1.88 bits per heavy atom. The summed E-state index contributed by atoms with van der Waals surface area (Å²) in [5, 5.41) is 7.12. The highest BCUT2D eigenvalue weighted by Crippen LogP contribution is 2.28. The molecule has 0 amide bonds. The minimum absolute atomic E-state index is 0. The summed E-state index contributed by atoms with van der Waals surface area (Å²) in [6.07, 6.45) is 8.50. The summed E-state index contributed by atoms with van der Waals surface area (Å²) in [4.78, 5) is 8.12. The van der Waals surface area contributed by atoms with Gasteiger partial charge in [-0.1, -0.05) is 0 Å². The van der Waals surface area contributed by atoms with E-state index in [0.717, 1.165) is 17.9 Å². The molecular formula is C11H18Cl2N4. The molecule has 6 heteroatoms. The van der Waals surface area contributed by atoms with E-state index in [2.05, 4.69) is 20.6 Å². The van der Waals surface area contributed by atoms with E-state index in [9.17, 15) is 0 Å². The molecule has 17 heavy (non-hydrogen) atoms. The second kappa shape index (κ2) is 6.38. The molecule has 1 aromatic rings. The van der Waals surface area contributed by atoms with E-state index in [4.69, 9.17) is 0 Å². The molecule has 0 aliphatic carbocycles. The molecule has 0 aromatic carbocycles. The van der Waals surface area contributed by atoms with Crippen LogP contribution in [0.15, 0.2) is 18.6 Å². The molecule has 96 valence electrons. The molecule has 2 unspecified atom stereocenters. The second-order valence-electron chi connectivity index (χ2n) is 4.55. The van der Waals surface area contributed by atoms with Crippen LogP contribution in [-0.4, -0.2) is 28.1 Å². The predicted molar refractivity (Wildman–Crippen MR) is 73.1 cm³/mol. The molecule has 4 nitrogen and oxygen atoms in total. The first kappa shape index (κ1) is 14.5. The van der Waals surface area contributed by atoms with Gasteiger partial charge in [-0.2, -0.15) is 0 Å². The lowest BCUT2D eigenvalue weighted by molar-refractivity contribution is 0.377. The number of halogens is 2. The Hall–Kier alpha value is -0.580. The zero-order chi connectivity index (χ0) is 10.1. The molecule has 2 saturated heterocycles. The van der Waals surface area contributed by atoms with Crippen molar-refractivity contribution in [1.29, 1.82) is 0 Å². The maximum atomic E-state index is 4.20. The third kappa shape index (κ3) is 3.44. The van der Waals surface area contributed by atoms with Crippen molar-refractivity contribution < 1.29 is 0 Å². The number of rotatable bonds is 2. The molecule has 2 bridgehead atoms. The van der Waals surface area contributed by atoms with Gasteiger partial charge in [-0.15, -0.1) is 24.8 Å². The van der Waals surface area contributed by atoms with Gasteiger partial charge in [0, 0.05) is 24.3 Å². The monoisotopic (exact) mass is 276 g/mol. The predicted octanol–water partition coefficient (Wildman–Crippen LogP) is 2.02. The molecule has 2 N–H and O–H groups in total. The maximum Gasteiger partial charge on any atom is 0.129 e. The van der Waals surface area contributed by atoms with Gasteiger partial charge >= 0.3 is 0 Å². The molecule has 2 aliphatic rings. The number of aromatic nitrogens is 2. The second-order valence-corrected chi connectivity index (χ2v) is 4.55. The van der Waals surface area contributed by atoms with Crippen molar-refractivity contribution in [2.75, 3.05) is 5.32 Å². The van der Waals surface area contributed by atoms with Crippen LogP contribution in [-0.2, 0) is 0 Å². The lowest BCUT2D eigenvalue weighted by Gasteiger charge is -2.29. The SMILES string of the molecule is Cl.Cl.c1cc(NC2CC3CCC(C2)N3)ncn1. The third-order valence-electron chi connectivity index (χ3n) is 3.41. The molecule has 1 aromatic heterocycles. The Kier molecular flexibility index (Phi) is 5.43. The van der Waals surface area contributed by atoms with E-state index in [1.165, 1.54) is 25.7 Å². The quantitative estimate of drug-likeness (QED) is 0.868. The van der Waals surface area contributed by atoms with Gasteiger partial charge in [-0.05, 0) is 31.7 Å². The maximum absolute atomic E-state index is 4.20. The number of hydrogen-bond acceptors (Lipinski definition) is 4. The van der Waals surface area contributed by atoms with E-state index in [0.29, 0.717) is 6.04 Å². The number of anilines is 1. The van der Waals surface area contributed by atoms with Crippen molar-refractivity contribution in [2.24, 2.45) is 0 Å². The highest BCUT2D eigenvalue weighted by Gasteiger charge is 2.33. The van der Waals surface area contributed by atoms with Gasteiger partial charge in [0.1, 0.15) is 12.1 Å². The molecule has 0 saturated carbocycles. The number of nitrogens with zero attached hydrogens (tertiary/aromatic N) is 2. The van der Waals surface area contributed by atoms with Gasteiger partial charge in [0.25, 0.3) is 0 Å². The van der Waals surface area contributed by atoms with Crippen molar-refractivity contribution in [3.63, 3.8) is 0 Å². The summed E-state index contributed by atoms with van der Waals surface area (Å²) < 4.78 is 0. The Morgan fingerprint density at radius 3 is 2.47 bits per heavy atom. The smallest absolute Gasteiger partial charge is 0.129 e.